The fraction of sp³-hybridized carbons (Fsp3) is 0.909. The van der Waals surface area contributed by atoms with Crippen LogP contribution in [0.2, 0.25) is 0 Å². The highest BCUT2D eigenvalue weighted by atomic mass is 16.2. The van der Waals surface area contributed by atoms with Crippen LogP contribution in [-0.2, 0) is 4.79 Å². The Kier molecular flexibility index (Phi) is 3.78. The molecule has 1 unspecified atom stereocenters. The third kappa shape index (κ3) is 2.72. The number of rotatable bonds is 2. The molecule has 1 amide bonds. The van der Waals surface area contributed by atoms with Crippen molar-refractivity contribution in [1.29, 1.82) is 0 Å². The summed E-state index contributed by atoms with van der Waals surface area (Å²) in [5.41, 5.74) is 0. The smallest absolute Gasteiger partial charge is 0.236 e. The van der Waals surface area contributed by atoms with E-state index in [2.05, 4.69) is 29.2 Å². The number of nitrogens with one attached hydrogen (secondary N) is 1. The minimum atomic E-state index is 0.243. The van der Waals surface area contributed by atoms with Gasteiger partial charge in [0.25, 0.3) is 0 Å². The van der Waals surface area contributed by atoms with Gasteiger partial charge in [-0.3, -0.25) is 9.69 Å². The average Bonchev–Trinajstić information content (AvgIpc) is 2.27. The summed E-state index contributed by atoms with van der Waals surface area (Å²) in [5, 5.41) is 3.11. The highest BCUT2D eigenvalue weighted by Crippen LogP contribution is 2.08. The van der Waals surface area contributed by atoms with Crippen molar-refractivity contribution >= 4 is 5.91 Å². The van der Waals surface area contributed by atoms with Crippen molar-refractivity contribution in [3.63, 3.8) is 0 Å². The highest BCUT2D eigenvalue weighted by Gasteiger charge is 2.27. The quantitative estimate of drug-likeness (QED) is 0.633. The van der Waals surface area contributed by atoms with E-state index >= 15 is 0 Å². The summed E-state index contributed by atoms with van der Waals surface area (Å²) in [4.78, 5) is 18.4. The van der Waals surface area contributed by atoms with E-state index in [9.17, 15) is 4.79 Å². The number of likely N-dealkylation sites (N-methyl/N-ethyl adjacent to an activating group) is 2. The molecule has 1 N–H and O–H groups in total. The lowest BCUT2D eigenvalue weighted by Gasteiger charge is -2.41. The molecule has 0 aromatic heterocycles. The van der Waals surface area contributed by atoms with E-state index in [4.69, 9.17) is 0 Å². The van der Waals surface area contributed by atoms with E-state index in [0.717, 1.165) is 39.3 Å². The monoisotopic (exact) mass is 226 g/mol. The van der Waals surface area contributed by atoms with Crippen molar-refractivity contribution in [2.24, 2.45) is 0 Å². The fourth-order valence-electron chi connectivity index (χ4n) is 2.39. The average molecular weight is 226 g/mol. The Morgan fingerprint density at radius 2 is 2.12 bits per heavy atom. The lowest BCUT2D eigenvalue weighted by atomic mass is 10.1. The molecule has 2 fully saturated rings. The molecule has 2 saturated heterocycles. The number of amides is 1. The van der Waals surface area contributed by atoms with E-state index in [1.807, 2.05) is 4.90 Å². The van der Waals surface area contributed by atoms with Crippen LogP contribution in [0, 0.1) is 0 Å². The highest BCUT2D eigenvalue weighted by molar-refractivity contribution is 5.79. The van der Waals surface area contributed by atoms with Gasteiger partial charge in [-0.15, -0.1) is 0 Å². The van der Waals surface area contributed by atoms with Gasteiger partial charge in [0.1, 0.15) is 0 Å². The molecule has 1 atom stereocenters. The molecule has 2 aliphatic rings. The molecule has 92 valence electrons. The van der Waals surface area contributed by atoms with Crippen LogP contribution in [0.3, 0.4) is 0 Å². The van der Waals surface area contributed by atoms with Gasteiger partial charge in [-0.1, -0.05) is 0 Å². The molecule has 0 radical (unpaired) electrons. The fourth-order valence-corrected chi connectivity index (χ4v) is 2.39. The Morgan fingerprint density at radius 3 is 2.88 bits per heavy atom. The number of nitrogens with zero attached hydrogens (tertiary/aromatic N) is 3. The first-order chi connectivity index (χ1) is 7.66. The van der Waals surface area contributed by atoms with Crippen LogP contribution < -0.4 is 5.32 Å². The first kappa shape index (κ1) is 11.8. The predicted molar refractivity (Wildman–Crippen MR) is 63.4 cm³/mol. The summed E-state index contributed by atoms with van der Waals surface area (Å²) in [5.74, 6) is 0.243. The van der Waals surface area contributed by atoms with Gasteiger partial charge in [0, 0.05) is 45.3 Å². The number of hydrogen-bond acceptors (Lipinski definition) is 4. The number of carbonyl (C=O) groups is 1. The molecule has 0 bridgehead atoms. The van der Waals surface area contributed by atoms with Gasteiger partial charge in [0.2, 0.25) is 5.91 Å². The second-order valence-corrected chi connectivity index (χ2v) is 4.91. The summed E-state index contributed by atoms with van der Waals surface area (Å²) in [7, 11) is 4.31. The van der Waals surface area contributed by atoms with Crippen LogP contribution in [0.25, 0.3) is 0 Å². The van der Waals surface area contributed by atoms with Crippen molar-refractivity contribution in [3.8, 4) is 0 Å². The number of carbonyl (C=O) groups excluding carboxylic acids is 1. The molecule has 0 spiro atoms. The minimum Gasteiger partial charge on any atom is -0.339 e. The van der Waals surface area contributed by atoms with Crippen molar-refractivity contribution in [1.82, 2.24) is 20.0 Å². The predicted octanol–water partition coefficient (Wildman–Crippen LogP) is -1.34. The summed E-state index contributed by atoms with van der Waals surface area (Å²) in [6.07, 6.45) is 0. The molecular weight excluding hydrogens is 204 g/mol. The Bertz CT molecular complexity index is 258. The zero-order valence-corrected chi connectivity index (χ0v) is 10.3. The maximum Gasteiger partial charge on any atom is 0.236 e. The Morgan fingerprint density at radius 1 is 1.31 bits per heavy atom. The number of piperazine rings is 2. The summed E-state index contributed by atoms with van der Waals surface area (Å²) in [6.45, 7) is 6.45. The van der Waals surface area contributed by atoms with Crippen molar-refractivity contribution in [3.05, 3.63) is 0 Å². The van der Waals surface area contributed by atoms with E-state index in [1.54, 1.807) is 0 Å². The van der Waals surface area contributed by atoms with Crippen LogP contribution in [-0.4, -0.2) is 86.6 Å². The van der Waals surface area contributed by atoms with Crippen LogP contribution in [0.5, 0.6) is 0 Å². The van der Waals surface area contributed by atoms with Crippen LogP contribution in [0.4, 0.5) is 0 Å². The summed E-state index contributed by atoms with van der Waals surface area (Å²) in [6, 6.07) is 0.487. The maximum atomic E-state index is 11.7. The SMILES string of the molecule is CN1CCN(C)C(CN2CCNCC2=O)C1. The molecule has 5 nitrogen and oxygen atoms in total. The van der Waals surface area contributed by atoms with Crippen LogP contribution in [0.15, 0.2) is 0 Å². The normalized spacial score (nSPS) is 29.8. The minimum absolute atomic E-state index is 0.243. The first-order valence-electron chi connectivity index (χ1n) is 6.04. The topological polar surface area (TPSA) is 38.8 Å². The third-order valence-corrected chi connectivity index (χ3v) is 3.60. The van der Waals surface area contributed by atoms with Gasteiger partial charge < -0.3 is 15.1 Å². The zero-order chi connectivity index (χ0) is 11.5. The molecule has 2 rings (SSSR count). The lowest BCUT2D eigenvalue weighted by Crippen LogP contribution is -2.58. The number of hydrogen-bond donors (Lipinski definition) is 1. The summed E-state index contributed by atoms with van der Waals surface area (Å²) < 4.78 is 0. The largest absolute Gasteiger partial charge is 0.339 e. The molecule has 0 aliphatic carbocycles. The molecule has 0 saturated carbocycles. The lowest BCUT2D eigenvalue weighted by molar-refractivity contribution is -0.133. The molecule has 0 aromatic rings. The Labute approximate surface area is 97.4 Å². The molecule has 5 heteroatoms. The van der Waals surface area contributed by atoms with E-state index in [0.29, 0.717) is 12.6 Å². The molecule has 16 heavy (non-hydrogen) atoms. The van der Waals surface area contributed by atoms with Gasteiger partial charge in [-0.25, -0.2) is 0 Å². The molecular formula is C11H22N4O. The van der Waals surface area contributed by atoms with Gasteiger partial charge in [-0.2, -0.15) is 0 Å². The van der Waals surface area contributed by atoms with Gasteiger partial charge in [0.15, 0.2) is 0 Å². The Hall–Kier alpha value is -0.650. The van der Waals surface area contributed by atoms with Gasteiger partial charge >= 0.3 is 0 Å². The van der Waals surface area contributed by atoms with E-state index < -0.39 is 0 Å². The summed E-state index contributed by atoms with van der Waals surface area (Å²) >= 11 is 0. The van der Waals surface area contributed by atoms with Crippen molar-refractivity contribution in [2.45, 2.75) is 6.04 Å². The van der Waals surface area contributed by atoms with Gasteiger partial charge in [-0.05, 0) is 14.1 Å². The Balaban J connectivity index is 1.89. The van der Waals surface area contributed by atoms with Gasteiger partial charge in [0.05, 0.1) is 6.54 Å². The first-order valence-corrected chi connectivity index (χ1v) is 6.04. The van der Waals surface area contributed by atoms with Crippen LogP contribution >= 0.6 is 0 Å². The molecule has 2 aliphatic heterocycles. The second kappa shape index (κ2) is 5.12. The van der Waals surface area contributed by atoms with E-state index in [-0.39, 0.29) is 5.91 Å². The molecule has 0 aromatic carbocycles. The van der Waals surface area contributed by atoms with Crippen LogP contribution in [0.1, 0.15) is 0 Å². The van der Waals surface area contributed by atoms with Crippen molar-refractivity contribution < 1.29 is 4.79 Å². The zero-order valence-electron chi connectivity index (χ0n) is 10.3. The van der Waals surface area contributed by atoms with Crippen molar-refractivity contribution in [2.75, 3.05) is 59.9 Å². The maximum absolute atomic E-state index is 11.7. The van der Waals surface area contributed by atoms with E-state index in [1.165, 1.54) is 0 Å². The second-order valence-electron chi connectivity index (χ2n) is 4.91. The standard InChI is InChI=1S/C11H22N4O/c1-13-5-6-14(2)10(8-13)9-15-4-3-12-7-11(15)16/h10,12H,3-9H2,1-2H3. The molecule has 2 heterocycles. The third-order valence-electron chi connectivity index (χ3n) is 3.60.